The molecule has 2 aromatic carbocycles. The van der Waals surface area contributed by atoms with Crippen molar-refractivity contribution < 1.29 is 28.5 Å². The van der Waals surface area contributed by atoms with Crippen molar-refractivity contribution in [1.82, 2.24) is 0 Å². The molecule has 0 saturated carbocycles. The molecule has 0 aromatic heterocycles. The molecule has 0 aliphatic carbocycles. The van der Waals surface area contributed by atoms with Crippen LogP contribution in [0, 0.1) is 0 Å². The molecule has 30 heavy (non-hydrogen) atoms. The van der Waals surface area contributed by atoms with Crippen LogP contribution in [0.4, 0.5) is 21.0 Å². The fourth-order valence-corrected chi connectivity index (χ4v) is 4.01. The SMILES string of the molecule is COC(=O)N1CCOc2c(-c3cc(Cl)cc4c3OCCN4C(=O)OC)cc(Cl)cc21. The number of halogens is 2. The monoisotopic (exact) mass is 452 g/mol. The number of ether oxygens (including phenoxy) is 4. The highest BCUT2D eigenvalue weighted by atomic mass is 35.5. The Balaban J connectivity index is 1.92. The van der Waals surface area contributed by atoms with Crippen molar-refractivity contribution >= 4 is 46.8 Å². The second-order valence-corrected chi connectivity index (χ2v) is 7.42. The number of carbonyl (C=O) groups is 2. The number of hydrogen-bond acceptors (Lipinski definition) is 6. The summed E-state index contributed by atoms with van der Waals surface area (Å²) in [5.41, 5.74) is 2.11. The third kappa shape index (κ3) is 3.46. The third-order valence-corrected chi connectivity index (χ3v) is 5.29. The zero-order chi connectivity index (χ0) is 21.4. The summed E-state index contributed by atoms with van der Waals surface area (Å²) in [7, 11) is 2.62. The summed E-state index contributed by atoms with van der Waals surface area (Å²) in [5.74, 6) is 0.888. The quantitative estimate of drug-likeness (QED) is 0.629. The van der Waals surface area contributed by atoms with Gasteiger partial charge in [-0.15, -0.1) is 0 Å². The smallest absolute Gasteiger partial charge is 0.414 e. The van der Waals surface area contributed by atoms with E-state index in [-0.39, 0.29) is 13.2 Å². The zero-order valence-corrected chi connectivity index (χ0v) is 17.7. The van der Waals surface area contributed by atoms with E-state index in [1.807, 2.05) is 0 Å². The Bertz CT molecular complexity index is 947. The van der Waals surface area contributed by atoms with Gasteiger partial charge in [0.15, 0.2) is 11.5 Å². The summed E-state index contributed by atoms with van der Waals surface area (Å²) < 4.78 is 21.6. The Kier molecular flexibility index (Phi) is 5.53. The van der Waals surface area contributed by atoms with Crippen LogP contribution in [-0.4, -0.2) is 52.7 Å². The molecule has 2 aromatic rings. The van der Waals surface area contributed by atoms with Crippen LogP contribution in [0.3, 0.4) is 0 Å². The topological polar surface area (TPSA) is 77.5 Å². The van der Waals surface area contributed by atoms with Gasteiger partial charge in [-0.2, -0.15) is 0 Å². The van der Waals surface area contributed by atoms with Crippen LogP contribution in [0.15, 0.2) is 24.3 Å². The van der Waals surface area contributed by atoms with E-state index in [1.54, 1.807) is 24.3 Å². The summed E-state index contributed by atoms with van der Waals surface area (Å²) in [6, 6.07) is 6.67. The van der Waals surface area contributed by atoms with Crippen LogP contribution in [0.25, 0.3) is 11.1 Å². The van der Waals surface area contributed by atoms with Crippen LogP contribution < -0.4 is 19.3 Å². The fraction of sp³-hybridized carbons (Fsp3) is 0.300. The molecule has 0 N–H and O–H groups in total. The Morgan fingerprint density at radius 3 is 1.57 bits per heavy atom. The Hall–Kier alpha value is -2.84. The lowest BCUT2D eigenvalue weighted by molar-refractivity contribution is 0.173. The minimum absolute atomic E-state index is 0.272. The number of anilines is 2. The molecule has 2 aliphatic rings. The Labute approximate surface area is 182 Å². The number of rotatable bonds is 1. The molecular formula is C20H18Cl2N2O6. The fourth-order valence-electron chi connectivity index (χ4n) is 3.58. The number of hydrogen-bond donors (Lipinski definition) is 0. The molecule has 0 unspecified atom stereocenters. The summed E-state index contributed by atoms with van der Waals surface area (Å²) in [4.78, 5) is 27.4. The number of carbonyl (C=O) groups excluding carboxylic acids is 2. The molecule has 0 radical (unpaired) electrons. The van der Waals surface area contributed by atoms with E-state index in [1.165, 1.54) is 24.0 Å². The molecule has 10 heteroatoms. The predicted molar refractivity (Wildman–Crippen MR) is 112 cm³/mol. The van der Waals surface area contributed by atoms with Crippen LogP contribution >= 0.6 is 23.2 Å². The summed E-state index contributed by atoms with van der Waals surface area (Å²) in [6.07, 6.45) is -1.04. The highest BCUT2D eigenvalue weighted by Gasteiger charge is 2.32. The zero-order valence-electron chi connectivity index (χ0n) is 16.2. The summed E-state index contributed by atoms with van der Waals surface area (Å²) in [6.45, 7) is 1.18. The normalized spacial score (nSPS) is 14.8. The van der Waals surface area contributed by atoms with Crippen molar-refractivity contribution in [3.05, 3.63) is 34.3 Å². The Morgan fingerprint density at radius 2 is 1.20 bits per heavy atom. The minimum Gasteiger partial charge on any atom is -0.489 e. The lowest BCUT2D eigenvalue weighted by atomic mass is 9.99. The first kappa shape index (κ1) is 20.4. The molecule has 2 amide bonds. The van der Waals surface area contributed by atoms with Crippen LogP contribution in [0.5, 0.6) is 11.5 Å². The average molecular weight is 453 g/mol. The van der Waals surface area contributed by atoms with Gasteiger partial charge in [-0.25, -0.2) is 9.59 Å². The maximum atomic E-state index is 12.2. The molecule has 0 saturated heterocycles. The molecule has 0 fully saturated rings. The van der Waals surface area contributed by atoms with Crippen LogP contribution in [0.2, 0.25) is 10.0 Å². The van der Waals surface area contributed by atoms with Crippen molar-refractivity contribution in [2.75, 3.05) is 50.3 Å². The second-order valence-electron chi connectivity index (χ2n) is 6.54. The van der Waals surface area contributed by atoms with Crippen molar-refractivity contribution in [3.8, 4) is 22.6 Å². The maximum Gasteiger partial charge on any atom is 0.414 e. The molecule has 2 aliphatic heterocycles. The molecule has 158 valence electrons. The highest BCUT2D eigenvalue weighted by molar-refractivity contribution is 6.32. The van der Waals surface area contributed by atoms with E-state index >= 15 is 0 Å². The molecule has 0 atom stereocenters. The van der Waals surface area contributed by atoms with Gasteiger partial charge < -0.3 is 18.9 Å². The van der Waals surface area contributed by atoms with Gasteiger partial charge in [0.1, 0.15) is 13.2 Å². The van der Waals surface area contributed by atoms with Gasteiger partial charge in [-0.05, 0) is 24.3 Å². The second kappa shape index (κ2) is 8.12. The third-order valence-electron chi connectivity index (χ3n) is 4.85. The first-order chi connectivity index (χ1) is 14.4. The summed E-state index contributed by atoms with van der Waals surface area (Å²) in [5, 5.41) is 0.773. The lowest BCUT2D eigenvalue weighted by Crippen LogP contribution is -2.38. The number of amides is 2. The van der Waals surface area contributed by atoms with E-state index < -0.39 is 12.2 Å². The van der Waals surface area contributed by atoms with E-state index in [2.05, 4.69) is 0 Å². The van der Waals surface area contributed by atoms with Gasteiger partial charge in [0.2, 0.25) is 0 Å². The lowest BCUT2D eigenvalue weighted by Gasteiger charge is -2.32. The average Bonchev–Trinajstić information content (AvgIpc) is 2.76. The largest absolute Gasteiger partial charge is 0.489 e. The van der Waals surface area contributed by atoms with E-state index in [0.717, 1.165) is 0 Å². The number of benzene rings is 2. The molecule has 2 heterocycles. The van der Waals surface area contributed by atoms with Gasteiger partial charge >= 0.3 is 12.2 Å². The summed E-state index contributed by atoms with van der Waals surface area (Å²) >= 11 is 12.8. The first-order valence-corrected chi connectivity index (χ1v) is 9.84. The van der Waals surface area contributed by atoms with Gasteiger partial charge in [0, 0.05) is 21.2 Å². The van der Waals surface area contributed by atoms with E-state index in [0.29, 0.717) is 57.1 Å². The van der Waals surface area contributed by atoms with Crippen LogP contribution in [0.1, 0.15) is 0 Å². The number of fused-ring (bicyclic) bond motifs is 2. The van der Waals surface area contributed by atoms with E-state index in [9.17, 15) is 9.59 Å². The molecular weight excluding hydrogens is 435 g/mol. The molecule has 0 bridgehead atoms. The standard InChI is InChI=1S/C20H18Cl2N2O6/c1-27-19(25)23-3-5-29-17-13(7-11(21)9-15(17)23)14-8-12(22)10-16-18(14)30-6-4-24(16)20(26)28-2/h7-10H,3-6H2,1-2H3. The van der Waals surface area contributed by atoms with Crippen molar-refractivity contribution in [2.45, 2.75) is 0 Å². The predicted octanol–water partition coefficient (Wildman–Crippen LogP) is 4.59. The van der Waals surface area contributed by atoms with Gasteiger partial charge in [0.05, 0.1) is 38.7 Å². The van der Waals surface area contributed by atoms with Crippen molar-refractivity contribution in [1.29, 1.82) is 0 Å². The van der Waals surface area contributed by atoms with Gasteiger partial charge in [-0.1, -0.05) is 23.2 Å². The van der Waals surface area contributed by atoms with Crippen molar-refractivity contribution in [3.63, 3.8) is 0 Å². The first-order valence-electron chi connectivity index (χ1n) is 9.08. The number of nitrogens with zero attached hydrogens (tertiary/aromatic N) is 2. The molecule has 0 spiro atoms. The number of methoxy groups -OCH3 is 2. The van der Waals surface area contributed by atoms with Crippen molar-refractivity contribution in [2.24, 2.45) is 0 Å². The molecule has 8 nitrogen and oxygen atoms in total. The molecule has 4 rings (SSSR count). The Morgan fingerprint density at radius 1 is 0.800 bits per heavy atom. The minimum atomic E-state index is -0.519. The van der Waals surface area contributed by atoms with Crippen LogP contribution in [-0.2, 0) is 9.47 Å². The maximum absolute atomic E-state index is 12.2. The van der Waals surface area contributed by atoms with E-state index in [4.69, 9.17) is 42.1 Å². The highest BCUT2D eigenvalue weighted by Crippen LogP contribution is 2.50. The van der Waals surface area contributed by atoms with Gasteiger partial charge in [-0.3, -0.25) is 9.80 Å². The van der Waals surface area contributed by atoms with Gasteiger partial charge in [0.25, 0.3) is 0 Å².